The maximum Gasteiger partial charge on any atom is 0.318 e. The molecule has 0 aromatic carbocycles. The first-order chi connectivity index (χ1) is 10.3. The Morgan fingerprint density at radius 3 is 2.86 bits per heavy atom. The van der Waals surface area contributed by atoms with Gasteiger partial charge in [0.15, 0.2) is 0 Å². The lowest BCUT2D eigenvalue weighted by atomic mass is 10.3. The Morgan fingerprint density at radius 2 is 2.00 bits per heavy atom. The van der Waals surface area contributed by atoms with Gasteiger partial charge in [-0.3, -0.25) is 9.58 Å². The quantitative estimate of drug-likeness (QED) is 0.836. The van der Waals surface area contributed by atoms with Crippen LogP contribution in [-0.2, 0) is 19.6 Å². The van der Waals surface area contributed by atoms with Gasteiger partial charge in [0.05, 0.1) is 29.5 Å². The van der Waals surface area contributed by atoms with Gasteiger partial charge in [0.1, 0.15) is 0 Å². The van der Waals surface area contributed by atoms with E-state index < -0.39 is 0 Å². The summed E-state index contributed by atoms with van der Waals surface area (Å²) >= 11 is 3.55. The molecule has 0 aliphatic carbocycles. The second-order valence-electron chi connectivity index (χ2n) is 5.55. The smallest absolute Gasteiger partial charge is 0.318 e. The summed E-state index contributed by atoms with van der Waals surface area (Å²) < 4.78 is 8.91. The fourth-order valence-corrected chi connectivity index (χ4v) is 3.36. The van der Waals surface area contributed by atoms with E-state index in [1.165, 1.54) is 18.5 Å². The summed E-state index contributed by atoms with van der Waals surface area (Å²) in [7, 11) is 0. The fraction of sp³-hybridized carbons (Fsp3) is 0.615. The van der Waals surface area contributed by atoms with E-state index in [4.69, 9.17) is 4.42 Å². The van der Waals surface area contributed by atoms with E-state index in [9.17, 15) is 0 Å². The monoisotopic (exact) mass is 352 g/mol. The van der Waals surface area contributed by atoms with Crippen molar-refractivity contribution in [3.05, 3.63) is 22.3 Å². The highest BCUT2D eigenvalue weighted by molar-refractivity contribution is 9.10. The first kappa shape index (κ1) is 13.3. The number of aromatic nitrogens is 4. The molecule has 0 bridgehead atoms. The van der Waals surface area contributed by atoms with Gasteiger partial charge in [-0.15, -0.1) is 5.10 Å². The molecule has 1 fully saturated rings. The Kier molecular flexibility index (Phi) is 3.42. The van der Waals surface area contributed by atoms with E-state index in [0.717, 1.165) is 37.2 Å². The van der Waals surface area contributed by atoms with Crippen LogP contribution in [0.25, 0.3) is 0 Å². The zero-order valence-corrected chi connectivity index (χ0v) is 13.3. The van der Waals surface area contributed by atoms with Crippen molar-refractivity contribution in [3.63, 3.8) is 0 Å². The van der Waals surface area contributed by atoms with Crippen molar-refractivity contribution in [2.45, 2.75) is 32.5 Å². The van der Waals surface area contributed by atoms with E-state index in [1.807, 2.05) is 10.9 Å². The minimum atomic E-state index is 0.672. The molecule has 2 aromatic rings. The summed E-state index contributed by atoms with van der Waals surface area (Å²) in [5.74, 6) is 0.695. The number of fused-ring (bicyclic) bond motifs is 1. The van der Waals surface area contributed by atoms with Crippen molar-refractivity contribution in [1.29, 1.82) is 0 Å². The van der Waals surface area contributed by atoms with Crippen LogP contribution in [0, 0.1) is 0 Å². The number of hydrogen-bond donors (Lipinski definition) is 0. The van der Waals surface area contributed by atoms with Crippen LogP contribution < -0.4 is 4.90 Å². The van der Waals surface area contributed by atoms with Crippen LogP contribution >= 0.6 is 15.9 Å². The predicted molar refractivity (Wildman–Crippen MR) is 79.8 cm³/mol. The minimum absolute atomic E-state index is 0.672. The second kappa shape index (κ2) is 5.42. The predicted octanol–water partition coefficient (Wildman–Crippen LogP) is 1.64. The minimum Gasteiger partial charge on any atom is -0.407 e. The summed E-state index contributed by atoms with van der Waals surface area (Å²) in [5.41, 5.74) is 1.21. The molecule has 112 valence electrons. The average molecular weight is 353 g/mol. The summed E-state index contributed by atoms with van der Waals surface area (Å²) in [6.07, 6.45) is 4.28. The zero-order valence-electron chi connectivity index (χ0n) is 11.7. The molecular formula is C13H17BrN6O. The zero-order chi connectivity index (χ0) is 14.2. The van der Waals surface area contributed by atoms with Crippen LogP contribution in [0.5, 0.6) is 0 Å². The van der Waals surface area contributed by atoms with Gasteiger partial charge in [-0.05, 0) is 28.8 Å². The molecule has 0 amide bonds. The normalized spacial score (nSPS) is 19.2. The van der Waals surface area contributed by atoms with Gasteiger partial charge in [0.2, 0.25) is 5.89 Å². The van der Waals surface area contributed by atoms with Gasteiger partial charge in [0.25, 0.3) is 0 Å². The number of halogens is 1. The van der Waals surface area contributed by atoms with E-state index >= 15 is 0 Å². The summed E-state index contributed by atoms with van der Waals surface area (Å²) in [4.78, 5) is 4.47. The third-order valence-electron chi connectivity index (χ3n) is 4.09. The summed E-state index contributed by atoms with van der Waals surface area (Å²) in [5, 5.41) is 12.7. The molecule has 0 saturated carbocycles. The number of anilines is 1. The van der Waals surface area contributed by atoms with Crippen LogP contribution in [0.1, 0.15) is 24.4 Å². The van der Waals surface area contributed by atoms with Gasteiger partial charge in [-0.2, -0.15) is 5.10 Å². The maximum atomic E-state index is 5.80. The van der Waals surface area contributed by atoms with Gasteiger partial charge >= 0.3 is 6.01 Å². The van der Waals surface area contributed by atoms with Crippen LogP contribution in [0.3, 0.4) is 0 Å². The van der Waals surface area contributed by atoms with Crippen LogP contribution in [0.4, 0.5) is 6.01 Å². The van der Waals surface area contributed by atoms with E-state index in [0.29, 0.717) is 18.5 Å². The van der Waals surface area contributed by atoms with Crippen molar-refractivity contribution < 1.29 is 4.42 Å². The average Bonchev–Trinajstić information content (AvgIpc) is 3.21. The molecule has 2 aliphatic heterocycles. The summed E-state index contributed by atoms with van der Waals surface area (Å²) in [6, 6.07) is 0.672. The third-order valence-corrected chi connectivity index (χ3v) is 4.75. The first-order valence-corrected chi connectivity index (χ1v) is 8.09. The summed E-state index contributed by atoms with van der Waals surface area (Å²) in [6.45, 7) is 5.44. The largest absolute Gasteiger partial charge is 0.407 e. The van der Waals surface area contributed by atoms with E-state index in [-0.39, 0.29) is 0 Å². The molecular weight excluding hydrogens is 336 g/mol. The molecule has 0 radical (unpaired) electrons. The van der Waals surface area contributed by atoms with Crippen LogP contribution in [-0.4, -0.2) is 44.5 Å². The highest BCUT2D eigenvalue weighted by atomic mass is 79.9. The van der Waals surface area contributed by atoms with Crippen molar-refractivity contribution in [1.82, 2.24) is 24.9 Å². The molecule has 8 heteroatoms. The second-order valence-corrected chi connectivity index (χ2v) is 6.40. The van der Waals surface area contributed by atoms with E-state index in [1.54, 1.807) is 0 Å². The number of hydrogen-bond acceptors (Lipinski definition) is 6. The van der Waals surface area contributed by atoms with Gasteiger partial charge in [0, 0.05) is 26.2 Å². The number of nitrogens with zero attached hydrogens (tertiary/aromatic N) is 6. The van der Waals surface area contributed by atoms with Crippen molar-refractivity contribution in [2.75, 3.05) is 24.5 Å². The molecule has 0 N–H and O–H groups in total. The SMILES string of the molecule is Brc1cnn2c1CN(Cc1nnc(N3CCCC3)o1)CC2. The lowest BCUT2D eigenvalue weighted by Gasteiger charge is -2.26. The Labute approximate surface area is 131 Å². The molecule has 7 nitrogen and oxygen atoms in total. The molecule has 4 heterocycles. The Morgan fingerprint density at radius 1 is 1.14 bits per heavy atom. The Balaban J connectivity index is 1.44. The van der Waals surface area contributed by atoms with E-state index in [2.05, 4.69) is 41.0 Å². The Bertz CT molecular complexity index is 632. The molecule has 4 rings (SSSR count). The third kappa shape index (κ3) is 2.57. The van der Waals surface area contributed by atoms with Gasteiger partial charge in [-0.25, -0.2) is 0 Å². The van der Waals surface area contributed by atoms with Gasteiger partial charge < -0.3 is 9.32 Å². The van der Waals surface area contributed by atoms with Crippen LogP contribution in [0.15, 0.2) is 15.1 Å². The maximum absolute atomic E-state index is 5.80. The lowest BCUT2D eigenvalue weighted by Crippen LogP contribution is -2.33. The fourth-order valence-electron chi connectivity index (χ4n) is 2.94. The molecule has 1 saturated heterocycles. The first-order valence-electron chi connectivity index (χ1n) is 7.29. The molecule has 2 aliphatic rings. The van der Waals surface area contributed by atoms with Crippen molar-refractivity contribution in [2.24, 2.45) is 0 Å². The Hall–Kier alpha value is -1.41. The highest BCUT2D eigenvalue weighted by Gasteiger charge is 2.23. The lowest BCUT2D eigenvalue weighted by molar-refractivity contribution is 0.187. The highest BCUT2D eigenvalue weighted by Crippen LogP contribution is 2.23. The molecule has 2 aromatic heterocycles. The molecule has 21 heavy (non-hydrogen) atoms. The standard InChI is InChI=1S/C13H17BrN6O/c14-10-7-15-20-6-5-18(8-11(10)20)9-12-16-17-13(21-12)19-3-1-2-4-19/h7H,1-6,8-9H2. The van der Waals surface area contributed by atoms with Crippen molar-refractivity contribution >= 4 is 21.9 Å². The molecule has 0 unspecified atom stereocenters. The van der Waals surface area contributed by atoms with Gasteiger partial charge in [-0.1, -0.05) is 5.10 Å². The number of rotatable bonds is 3. The van der Waals surface area contributed by atoms with Crippen molar-refractivity contribution in [3.8, 4) is 0 Å². The molecule has 0 spiro atoms. The molecule has 0 atom stereocenters. The topological polar surface area (TPSA) is 63.2 Å². The van der Waals surface area contributed by atoms with Crippen LogP contribution in [0.2, 0.25) is 0 Å².